The summed E-state index contributed by atoms with van der Waals surface area (Å²) in [5.74, 6) is 0.520. The van der Waals surface area contributed by atoms with Crippen LogP contribution in [0.25, 0.3) is 0 Å². The van der Waals surface area contributed by atoms with Crippen LogP contribution in [0, 0.1) is 0 Å². The molecule has 0 fully saturated rings. The molecule has 0 aliphatic rings. The minimum absolute atomic E-state index is 0. The lowest BCUT2D eigenvalue weighted by Gasteiger charge is -2.13. The zero-order chi connectivity index (χ0) is 12.7. The molecule has 1 aromatic rings. The van der Waals surface area contributed by atoms with E-state index in [4.69, 9.17) is 15.2 Å². The number of amides is 1. The van der Waals surface area contributed by atoms with Crippen LogP contribution in [0.15, 0.2) is 24.3 Å². The highest BCUT2D eigenvalue weighted by atomic mass is 35.5. The molecule has 3 N–H and O–H groups in total. The number of carbonyl (C=O) groups is 1. The van der Waals surface area contributed by atoms with Crippen molar-refractivity contribution in [2.45, 2.75) is 13.0 Å². The third kappa shape index (κ3) is 4.91. The van der Waals surface area contributed by atoms with Gasteiger partial charge in [0.2, 0.25) is 0 Å². The molecule has 0 bridgehead atoms. The Morgan fingerprint density at radius 2 is 2.00 bits per heavy atom. The molecule has 18 heavy (non-hydrogen) atoms. The maximum atomic E-state index is 11.6. The van der Waals surface area contributed by atoms with Crippen LogP contribution in [-0.2, 0) is 9.53 Å². The predicted molar refractivity (Wildman–Crippen MR) is 73.3 cm³/mol. The minimum Gasteiger partial charge on any atom is -0.494 e. The second kappa shape index (κ2) is 8.74. The SMILES string of the molecule is CCOc1ccc(NC(=O)C(CN)OC)cc1.Cl. The van der Waals surface area contributed by atoms with Gasteiger partial charge < -0.3 is 20.5 Å². The fraction of sp³-hybridized carbons (Fsp3) is 0.417. The predicted octanol–water partition coefficient (Wildman–Crippen LogP) is 1.42. The molecule has 0 radical (unpaired) electrons. The van der Waals surface area contributed by atoms with Crippen molar-refractivity contribution < 1.29 is 14.3 Å². The van der Waals surface area contributed by atoms with E-state index in [1.54, 1.807) is 24.3 Å². The van der Waals surface area contributed by atoms with Gasteiger partial charge in [0.25, 0.3) is 5.91 Å². The van der Waals surface area contributed by atoms with Crippen molar-refractivity contribution >= 4 is 24.0 Å². The molecule has 1 aromatic carbocycles. The number of ether oxygens (including phenoxy) is 2. The molecule has 0 aliphatic heterocycles. The molecule has 0 heterocycles. The number of carbonyl (C=O) groups excluding carboxylic acids is 1. The maximum Gasteiger partial charge on any atom is 0.254 e. The van der Waals surface area contributed by atoms with Crippen LogP contribution in [-0.4, -0.2) is 32.3 Å². The lowest BCUT2D eigenvalue weighted by atomic mass is 10.2. The fourth-order valence-electron chi connectivity index (χ4n) is 1.33. The molecule has 0 spiro atoms. The van der Waals surface area contributed by atoms with Crippen LogP contribution in [0.3, 0.4) is 0 Å². The molecule has 5 nitrogen and oxygen atoms in total. The van der Waals surface area contributed by atoms with Gasteiger partial charge in [0.15, 0.2) is 0 Å². The van der Waals surface area contributed by atoms with Crippen molar-refractivity contribution in [2.75, 3.05) is 25.6 Å². The third-order valence-corrected chi connectivity index (χ3v) is 2.22. The van der Waals surface area contributed by atoms with Crippen LogP contribution < -0.4 is 15.8 Å². The van der Waals surface area contributed by atoms with Gasteiger partial charge in [-0.3, -0.25) is 4.79 Å². The zero-order valence-corrected chi connectivity index (χ0v) is 11.3. The summed E-state index contributed by atoms with van der Waals surface area (Å²) in [5, 5.41) is 2.71. The Morgan fingerprint density at radius 1 is 1.39 bits per heavy atom. The molecule has 1 amide bonds. The summed E-state index contributed by atoms with van der Waals surface area (Å²) < 4.78 is 10.2. The first-order chi connectivity index (χ1) is 8.21. The molecule has 0 saturated carbocycles. The Kier molecular flexibility index (Phi) is 8.11. The quantitative estimate of drug-likeness (QED) is 0.823. The summed E-state index contributed by atoms with van der Waals surface area (Å²) in [4.78, 5) is 11.6. The molecule has 0 saturated heterocycles. The number of nitrogens with two attached hydrogens (primary N) is 1. The summed E-state index contributed by atoms with van der Waals surface area (Å²) in [7, 11) is 1.45. The van der Waals surface area contributed by atoms with E-state index in [0.29, 0.717) is 12.3 Å². The first-order valence-corrected chi connectivity index (χ1v) is 5.47. The largest absolute Gasteiger partial charge is 0.494 e. The zero-order valence-electron chi connectivity index (χ0n) is 10.5. The molecule has 0 aliphatic carbocycles. The van der Waals surface area contributed by atoms with Gasteiger partial charge in [-0.25, -0.2) is 0 Å². The topological polar surface area (TPSA) is 73.6 Å². The molecule has 102 valence electrons. The van der Waals surface area contributed by atoms with E-state index < -0.39 is 6.10 Å². The van der Waals surface area contributed by atoms with Crippen LogP contribution in [0.4, 0.5) is 5.69 Å². The normalized spacial score (nSPS) is 11.3. The Morgan fingerprint density at radius 3 is 2.44 bits per heavy atom. The monoisotopic (exact) mass is 274 g/mol. The maximum absolute atomic E-state index is 11.6. The Bertz CT molecular complexity index is 353. The second-order valence-electron chi connectivity index (χ2n) is 3.41. The van der Waals surface area contributed by atoms with E-state index in [1.807, 2.05) is 6.92 Å². The van der Waals surface area contributed by atoms with Crippen LogP contribution in [0.2, 0.25) is 0 Å². The summed E-state index contributed by atoms with van der Waals surface area (Å²) in [6.07, 6.45) is -0.624. The van der Waals surface area contributed by atoms with Crippen molar-refractivity contribution in [3.05, 3.63) is 24.3 Å². The molecule has 6 heteroatoms. The Labute approximate surface area is 113 Å². The molecular formula is C12H19ClN2O3. The number of halogens is 1. The minimum atomic E-state index is -0.624. The van der Waals surface area contributed by atoms with Gasteiger partial charge in [-0.05, 0) is 31.2 Å². The fourth-order valence-corrected chi connectivity index (χ4v) is 1.33. The van der Waals surface area contributed by atoms with E-state index in [-0.39, 0.29) is 24.9 Å². The van der Waals surface area contributed by atoms with Crippen molar-refractivity contribution in [3.63, 3.8) is 0 Å². The van der Waals surface area contributed by atoms with Crippen molar-refractivity contribution in [3.8, 4) is 5.75 Å². The van der Waals surface area contributed by atoms with Crippen molar-refractivity contribution in [1.29, 1.82) is 0 Å². The number of benzene rings is 1. The Hall–Kier alpha value is -1.30. The third-order valence-electron chi connectivity index (χ3n) is 2.22. The first-order valence-electron chi connectivity index (χ1n) is 5.47. The Balaban J connectivity index is 0.00000289. The van der Waals surface area contributed by atoms with Gasteiger partial charge in [0.05, 0.1) is 6.61 Å². The summed E-state index contributed by atoms with van der Waals surface area (Å²) in [6.45, 7) is 2.68. The summed E-state index contributed by atoms with van der Waals surface area (Å²) in [6, 6.07) is 7.13. The highest BCUT2D eigenvalue weighted by molar-refractivity contribution is 5.94. The molecule has 1 atom stereocenters. The number of methoxy groups -OCH3 is 1. The second-order valence-corrected chi connectivity index (χ2v) is 3.41. The van der Waals surface area contributed by atoms with Crippen molar-refractivity contribution in [1.82, 2.24) is 0 Å². The number of nitrogens with one attached hydrogen (secondary N) is 1. The van der Waals surface area contributed by atoms with E-state index in [1.165, 1.54) is 7.11 Å². The average Bonchev–Trinajstić information content (AvgIpc) is 2.33. The van der Waals surface area contributed by atoms with Gasteiger partial charge >= 0.3 is 0 Å². The molecular weight excluding hydrogens is 256 g/mol. The van der Waals surface area contributed by atoms with Gasteiger partial charge in [-0.1, -0.05) is 0 Å². The number of hydrogen-bond donors (Lipinski definition) is 2. The van der Waals surface area contributed by atoms with E-state index >= 15 is 0 Å². The molecule has 0 aromatic heterocycles. The number of hydrogen-bond acceptors (Lipinski definition) is 4. The van der Waals surface area contributed by atoms with E-state index in [2.05, 4.69) is 5.32 Å². The van der Waals surface area contributed by atoms with Crippen LogP contribution >= 0.6 is 12.4 Å². The van der Waals surface area contributed by atoms with Crippen molar-refractivity contribution in [2.24, 2.45) is 5.73 Å². The first kappa shape index (κ1) is 16.7. The van der Waals surface area contributed by atoms with Crippen LogP contribution in [0.5, 0.6) is 5.75 Å². The lowest BCUT2D eigenvalue weighted by molar-refractivity contribution is -0.125. The summed E-state index contributed by atoms with van der Waals surface area (Å²) in [5.41, 5.74) is 6.08. The van der Waals surface area contributed by atoms with Gasteiger partial charge in [-0.2, -0.15) is 0 Å². The lowest BCUT2D eigenvalue weighted by Crippen LogP contribution is -2.35. The van der Waals surface area contributed by atoms with E-state index in [0.717, 1.165) is 5.75 Å². The highest BCUT2D eigenvalue weighted by Crippen LogP contribution is 2.15. The van der Waals surface area contributed by atoms with Crippen LogP contribution in [0.1, 0.15) is 6.92 Å². The molecule has 1 rings (SSSR count). The van der Waals surface area contributed by atoms with E-state index in [9.17, 15) is 4.79 Å². The number of anilines is 1. The highest BCUT2D eigenvalue weighted by Gasteiger charge is 2.15. The average molecular weight is 275 g/mol. The summed E-state index contributed by atoms with van der Waals surface area (Å²) >= 11 is 0. The standard InChI is InChI=1S/C12H18N2O3.ClH/c1-3-17-10-6-4-9(5-7-10)14-12(15)11(8-13)16-2;/h4-7,11H,3,8,13H2,1-2H3,(H,14,15);1H. The smallest absolute Gasteiger partial charge is 0.254 e. The van der Waals surface area contributed by atoms with Gasteiger partial charge in [0, 0.05) is 19.3 Å². The number of rotatable bonds is 6. The van der Waals surface area contributed by atoms with Gasteiger partial charge in [0.1, 0.15) is 11.9 Å². The van der Waals surface area contributed by atoms with Gasteiger partial charge in [-0.15, -0.1) is 12.4 Å². The molecule has 1 unspecified atom stereocenters.